The smallest absolute Gasteiger partial charge is 0.246 e. The molecule has 0 aliphatic heterocycles. The van der Waals surface area contributed by atoms with Gasteiger partial charge in [-0.1, -0.05) is 39.0 Å². The molecule has 0 unspecified atom stereocenters. The topological polar surface area (TPSA) is 34.9 Å². The summed E-state index contributed by atoms with van der Waals surface area (Å²) >= 11 is 0. The van der Waals surface area contributed by atoms with Crippen LogP contribution in [0.2, 0.25) is 0 Å². The highest BCUT2D eigenvalue weighted by molar-refractivity contribution is 5.77. The van der Waals surface area contributed by atoms with Gasteiger partial charge in [0.05, 0.1) is 0 Å². The molecule has 0 aliphatic carbocycles. The van der Waals surface area contributed by atoms with Gasteiger partial charge >= 0.3 is 0 Å². The Hall–Kier alpha value is -1.12. The van der Waals surface area contributed by atoms with Gasteiger partial charge in [-0.05, 0) is 12.5 Å². The maximum Gasteiger partial charge on any atom is 0.246 e. The van der Waals surface area contributed by atoms with E-state index in [0.717, 1.165) is 12.8 Å². The first kappa shape index (κ1) is 12.0. The predicted molar refractivity (Wildman–Crippen MR) is 60.8 cm³/mol. The van der Waals surface area contributed by atoms with E-state index in [9.17, 15) is 4.79 Å². The number of carbonyl (C=O) groups is 1. The molecule has 1 aromatic rings. The molecule has 1 rings (SSSR count). The molecule has 3 nitrogen and oxygen atoms in total. The Morgan fingerprint density at radius 3 is 2.60 bits per heavy atom. The highest BCUT2D eigenvalue weighted by atomic mass is 16.2. The van der Waals surface area contributed by atoms with Gasteiger partial charge < -0.3 is 0 Å². The summed E-state index contributed by atoms with van der Waals surface area (Å²) in [5.41, 5.74) is 0. The maximum absolute atomic E-state index is 11.5. The number of unbranched alkanes of at least 4 members (excludes halogenated alkanes) is 5. The highest BCUT2D eigenvalue weighted by Gasteiger charge is 2.03. The van der Waals surface area contributed by atoms with Crippen LogP contribution in [-0.2, 0) is 0 Å². The van der Waals surface area contributed by atoms with Crippen LogP contribution in [0.5, 0.6) is 0 Å². The number of carbonyl (C=O) groups excluding carboxylic acids is 1. The van der Waals surface area contributed by atoms with Crippen molar-refractivity contribution in [2.75, 3.05) is 0 Å². The lowest BCUT2D eigenvalue weighted by atomic mass is 10.1. The van der Waals surface area contributed by atoms with Crippen LogP contribution in [-0.4, -0.2) is 15.7 Å². The van der Waals surface area contributed by atoms with E-state index in [1.165, 1.54) is 30.4 Å². The molecular formula is C12H20N2O. The van der Waals surface area contributed by atoms with Gasteiger partial charge in [0.15, 0.2) is 0 Å². The van der Waals surface area contributed by atoms with Crippen LogP contribution in [0.1, 0.15) is 56.7 Å². The molecule has 0 aliphatic rings. The first-order valence-electron chi connectivity index (χ1n) is 5.87. The summed E-state index contributed by atoms with van der Waals surface area (Å²) in [6, 6.07) is 1.78. The van der Waals surface area contributed by atoms with Crippen LogP contribution in [0.3, 0.4) is 0 Å². The average molecular weight is 208 g/mol. The van der Waals surface area contributed by atoms with E-state index in [1.807, 2.05) is 0 Å². The third kappa shape index (κ3) is 4.77. The monoisotopic (exact) mass is 208 g/mol. The number of hydrogen-bond acceptors (Lipinski definition) is 2. The van der Waals surface area contributed by atoms with E-state index < -0.39 is 0 Å². The summed E-state index contributed by atoms with van der Waals surface area (Å²) in [5.74, 6) is 0.107. The van der Waals surface area contributed by atoms with Crippen LogP contribution in [0.15, 0.2) is 18.5 Å². The van der Waals surface area contributed by atoms with Gasteiger partial charge in [0, 0.05) is 18.8 Å². The molecule has 3 heteroatoms. The second-order valence-corrected chi connectivity index (χ2v) is 3.86. The molecule has 0 fully saturated rings. The molecule has 0 atom stereocenters. The minimum absolute atomic E-state index is 0.107. The lowest BCUT2D eigenvalue weighted by Gasteiger charge is -2.00. The second kappa shape index (κ2) is 7.21. The zero-order chi connectivity index (χ0) is 10.9. The quantitative estimate of drug-likeness (QED) is 0.644. The summed E-state index contributed by atoms with van der Waals surface area (Å²) < 4.78 is 1.42. The summed E-state index contributed by atoms with van der Waals surface area (Å²) in [7, 11) is 0. The third-order valence-electron chi connectivity index (χ3n) is 2.50. The van der Waals surface area contributed by atoms with Crippen LogP contribution in [0, 0.1) is 0 Å². The Bertz CT molecular complexity index is 267. The van der Waals surface area contributed by atoms with Crippen LogP contribution in [0.25, 0.3) is 0 Å². The summed E-state index contributed by atoms with van der Waals surface area (Å²) in [5, 5.41) is 3.91. The SMILES string of the molecule is CCCCCCCCC(=O)n1cccn1. The molecule has 84 valence electrons. The molecule has 0 N–H and O–H groups in total. The van der Waals surface area contributed by atoms with Gasteiger partial charge in [-0.15, -0.1) is 0 Å². The Labute approximate surface area is 91.5 Å². The standard InChI is InChI=1S/C12H20N2O/c1-2-3-4-5-6-7-9-12(15)14-11-8-10-13-14/h8,10-11H,2-7,9H2,1H3. The van der Waals surface area contributed by atoms with Crippen molar-refractivity contribution in [2.45, 2.75) is 51.9 Å². The van der Waals surface area contributed by atoms with Crippen molar-refractivity contribution in [3.63, 3.8) is 0 Å². The Morgan fingerprint density at radius 2 is 1.93 bits per heavy atom. The summed E-state index contributed by atoms with van der Waals surface area (Å²) in [6.07, 6.45) is 11.2. The fourth-order valence-electron chi connectivity index (χ4n) is 1.59. The number of nitrogens with zero attached hydrogens (tertiary/aromatic N) is 2. The largest absolute Gasteiger partial charge is 0.273 e. The van der Waals surface area contributed by atoms with Crippen LogP contribution < -0.4 is 0 Å². The van der Waals surface area contributed by atoms with Crippen molar-refractivity contribution < 1.29 is 4.79 Å². The van der Waals surface area contributed by atoms with Crippen molar-refractivity contribution in [3.8, 4) is 0 Å². The molecule has 1 aromatic heterocycles. The van der Waals surface area contributed by atoms with E-state index in [0.29, 0.717) is 6.42 Å². The maximum atomic E-state index is 11.5. The van der Waals surface area contributed by atoms with E-state index in [-0.39, 0.29) is 5.91 Å². The zero-order valence-electron chi connectivity index (χ0n) is 9.48. The van der Waals surface area contributed by atoms with E-state index in [4.69, 9.17) is 0 Å². The van der Waals surface area contributed by atoms with Gasteiger partial charge in [-0.25, -0.2) is 4.68 Å². The molecule has 0 saturated carbocycles. The molecule has 0 bridgehead atoms. The van der Waals surface area contributed by atoms with E-state index in [2.05, 4.69) is 12.0 Å². The molecular weight excluding hydrogens is 188 g/mol. The Morgan fingerprint density at radius 1 is 1.20 bits per heavy atom. The first-order chi connectivity index (χ1) is 7.34. The predicted octanol–water partition coefficient (Wildman–Crippen LogP) is 3.27. The van der Waals surface area contributed by atoms with Gasteiger partial charge in [0.2, 0.25) is 5.91 Å². The van der Waals surface area contributed by atoms with E-state index >= 15 is 0 Å². The summed E-state index contributed by atoms with van der Waals surface area (Å²) in [4.78, 5) is 11.5. The number of aromatic nitrogens is 2. The fourth-order valence-corrected chi connectivity index (χ4v) is 1.59. The average Bonchev–Trinajstić information content (AvgIpc) is 2.76. The van der Waals surface area contributed by atoms with Gasteiger partial charge in [0.25, 0.3) is 0 Å². The molecule has 0 radical (unpaired) electrons. The van der Waals surface area contributed by atoms with Crippen LogP contribution >= 0.6 is 0 Å². The van der Waals surface area contributed by atoms with Gasteiger partial charge in [-0.2, -0.15) is 5.10 Å². The number of rotatable bonds is 7. The Kier molecular flexibility index (Phi) is 5.74. The lowest BCUT2D eigenvalue weighted by Crippen LogP contribution is -2.10. The van der Waals surface area contributed by atoms with Crippen molar-refractivity contribution in [3.05, 3.63) is 18.5 Å². The van der Waals surface area contributed by atoms with Crippen molar-refractivity contribution >= 4 is 5.91 Å². The van der Waals surface area contributed by atoms with Gasteiger partial charge in [-0.3, -0.25) is 4.79 Å². The van der Waals surface area contributed by atoms with Crippen molar-refractivity contribution in [1.29, 1.82) is 0 Å². The summed E-state index contributed by atoms with van der Waals surface area (Å²) in [6.45, 7) is 2.21. The normalized spacial score (nSPS) is 10.5. The molecule has 0 amide bonds. The first-order valence-corrected chi connectivity index (χ1v) is 5.87. The number of hydrogen-bond donors (Lipinski definition) is 0. The minimum Gasteiger partial charge on any atom is -0.273 e. The minimum atomic E-state index is 0.107. The molecule has 0 saturated heterocycles. The fraction of sp³-hybridized carbons (Fsp3) is 0.667. The molecule has 0 aromatic carbocycles. The second-order valence-electron chi connectivity index (χ2n) is 3.86. The highest BCUT2D eigenvalue weighted by Crippen LogP contribution is 2.07. The van der Waals surface area contributed by atoms with Crippen LogP contribution in [0.4, 0.5) is 0 Å². The lowest BCUT2D eigenvalue weighted by molar-refractivity contribution is 0.0883. The van der Waals surface area contributed by atoms with Gasteiger partial charge in [0.1, 0.15) is 0 Å². The Balaban J connectivity index is 2.03. The van der Waals surface area contributed by atoms with E-state index in [1.54, 1.807) is 18.5 Å². The third-order valence-corrected chi connectivity index (χ3v) is 2.50. The molecule has 1 heterocycles. The molecule has 0 spiro atoms. The molecule has 15 heavy (non-hydrogen) atoms. The zero-order valence-corrected chi connectivity index (χ0v) is 9.48. The van der Waals surface area contributed by atoms with Crippen molar-refractivity contribution in [2.24, 2.45) is 0 Å². The van der Waals surface area contributed by atoms with Crippen molar-refractivity contribution in [1.82, 2.24) is 9.78 Å².